The SMILES string of the molecule is COCCNCCNC(=O)c1cc(-c2ccccn2)no1.Cl.Cl. The monoisotopic (exact) mass is 362 g/mol. The second-order valence-corrected chi connectivity index (χ2v) is 4.29. The third-order valence-electron chi connectivity index (χ3n) is 2.73. The molecular formula is C14H20Cl2N4O3. The molecule has 7 nitrogen and oxygen atoms in total. The number of nitrogens with zero attached hydrogens (tertiary/aromatic N) is 2. The van der Waals surface area contributed by atoms with Gasteiger partial charge in [-0.15, -0.1) is 24.8 Å². The quantitative estimate of drug-likeness (QED) is 0.692. The van der Waals surface area contributed by atoms with Crippen LogP contribution in [-0.2, 0) is 4.74 Å². The Bertz CT molecular complexity index is 566. The van der Waals surface area contributed by atoms with E-state index in [1.165, 1.54) is 0 Å². The number of pyridine rings is 1. The first kappa shape index (κ1) is 21.3. The molecule has 0 unspecified atom stereocenters. The van der Waals surface area contributed by atoms with Gasteiger partial charge in [-0.3, -0.25) is 9.78 Å². The fraction of sp³-hybridized carbons (Fsp3) is 0.357. The molecule has 0 aliphatic carbocycles. The number of amides is 1. The Morgan fingerprint density at radius 1 is 1.22 bits per heavy atom. The van der Waals surface area contributed by atoms with E-state index in [-0.39, 0.29) is 36.5 Å². The summed E-state index contributed by atoms with van der Waals surface area (Å²) in [7, 11) is 1.65. The first-order valence-corrected chi connectivity index (χ1v) is 6.67. The van der Waals surface area contributed by atoms with Crippen molar-refractivity contribution >= 4 is 30.7 Å². The third kappa shape index (κ3) is 6.96. The van der Waals surface area contributed by atoms with Crippen molar-refractivity contribution in [3.63, 3.8) is 0 Å². The van der Waals surface area contributed by atoms with E-state index < -0.39 is 0 Å². The van der Waals surface area contributed by atoms with E-state index in [0.717, 1.165) is 6.54 Å². The minimum atomic E-state index is -0.293. The van der Waals surface area contributed by atoms with E-state index in [0.29, 0.717) is 31.1 Å². The molecule has 2 heterocycles. The Balaban J connectivity index is 0.00000242. The average molecular weight is 363 g/mol. The maximum atomic E-state index is 11.9. The molecule has 0 aromatic carbocycles. The maximum absolute atomic E-state index is 11.9. The van der Waals surface area contributed by atoms with E-state index >= 15 is 0 Å². The molecule has 23 heavy (non-hydrogen) atoms. The van der Waals surface area contributed by atoms with Gasteiger partial charge in [0, 0.05) is 39.0 Å². The van der Waals surface area contributed by atoms with Gasteiger partial charge in [0.25, 0.3) is 5.91 Å². The van der Waals surface area contributed by atoms with Crippen molar-refractivity contribution in [2.45, 2.75) is 0 Å². The van der Waals surface area contributed by atoms with E-state index in [2.05, 4.69) is 20.8 Å². The highest BCUT2D eigenvalue weighted by Gasteiger charge is 2.13. The number of nitrogens with one attached hydrogen (secondary N) is 2. The standard InChI is InChI=1S/C14H18N4O3.2ClH/c1-20-9-8-15-6-7-17-14(19)13-10-12(18-21-13)11-4-2-3-5-16-11;;/h2-5,10,15H,6-9H2,1H3,(H,17,19);2*1H. The Hall–Kier alpha value is -1.67. The van der Waals surface area contributed by atoms with E-state index in [4.69, 9.17) is 9.26 Å². The molecular weight excluding hydrogens is 343 g/mol. The molecule has 0 radical (unpaired) electrons. The van der Waals surface area contributed by atoms with Crippen LogP contribution < -0.4 is 10.6 Å². The third-order valence-corrected chi connectivity index (χ3v) is 2.73. The zero-order valence-corrected chi connectivity index (χ0v) is 14.3. The van der Waals surface area contributed by atoms with Crippen LogP contribution in [0.5, 0.6) is 0 Å². The first-order chi connectivity index (χ1) is 10.3. The second-order valence-electron chi connectivity index (χ2n) is 4.29. The maximum Gasteiger partial charge on any atom is 0.289 e. The molecule has 0 atom stereocenters. The van der Waals surface area contributed by atoms with Gasteiger partial charge in [-0.25, -0.2) is 0 Å². The van der Waals surface area contributed by atoms with Crippen molar-refractivity contribution in [3.05, 3.63) is 36.2 Å². The van der Waals surface area contributed by atoms with Crippen LogP contribution in [0.3, 0.4) is 0 Å². The Kier molecular flexibility index (Phi) is 11.0. The van der Waals surface area contributed by atoms with Gasteiger partial charge in [0.1, 0.15) is 5.69 Å². The molecule has 2 aromatic rings. The fourth-order valence-corrected chi connectivity index (χ4v) is 1.67. The largest absolute Gasteiger partial charge is 0.383 e. The van der Waals surface area contributed by atoms with Gasteiger partial charge >= 0.3 is 0 Å². The number of methoxy groups -OCH3 is 1. The lowest BCUT2D eigenvalue weighted by Gasteiger charge is -2.04. The summed E-state index contributed by atoms with van der Waals surface area (Å²) in [6.45, 7) is 2.56. The summed E-state index contributed by atoms with van der Waals surface area (Å²) in [5.74, 6) is -0.120. The van der Waals surface area contributed by atoms with Crippen molar-refractivity contribution < 1.29 is 14.1 Å². The zero-order valence-electron chi connectivity index (χ0n) is 12.7. The summed E-state index contributed by atoms with van der Waals surface area (Å²) in [6.07, 6.45) is 1.66. The first-order valence-electron chi connectivity index (χ1n) is 6.67. The Morgan fingerprint density at radius 2 is 2.04 bits per heavy atom. The highest BCUT2D eigenvalue weighted by molar-refractivity contribution is 5.92. The number of aromatic nitrogens is 2. The molecule has 0 aliphatic rings. The Labute approximate surface area is 147 Å². The van der Waals surface area contributed by atoms with Gasteiger partial charge in [0.15, 0.2) is 0 Å². The van der Waals surface area contributed by atoms with Crippen LogP contribution in [0.15, 0.2) is 35.0 Å². The van der Waals surface area contributed by atoms with Gasteiger partial charge in [0.2, 0.25) is 5.76 Å². The van der Waals surface area contributed by atoms with Crippen LogP contribution in [0.25, 0.3) is 11.4 Å². The minimum absolute atomic E-state index is 0. The fourth-order valence-electron chi connectivity index (χ4n) is 1.67. The highest BCUT2D eigenvalue weighted by atomic mass is 35.5. The summed E-state index contributed by atoms with van der Waals surface area (Å²) >= 11 is 0. The average Bonchev–Trinajstić information content (AvgIpc) is 3.01. The molecule has 1 amide bonds. The lowest BCUT2D eigenvalue weighted by Crippen LogP contribution is -2.32. The summed E-state index contributed by atoms with van der Waals surface area (Å²) < 4.78 is 9.94. The Morgan fingerprint density at radius 3 is 2.74 bits per heavy atom. The molecule has 2 aromatic heterocycles. The summed E-state index contributed by atoms with van der Waals surface area (Å²) in [5.41, 5.74) is 1.21. The topological polar surface area (TPSA) is 89.3 Å². The van der Waals surface area contributed by atoms with Crippen molar-refractivity contribution in [1.82, 2.24) is 20.8 Å². The van der Waals surface area contributed by atoms with Crippen LogP contribution in [0.1, 0.15) is 10.6 Å². The number of rotatable bonds is 8. The molecule has 0 saturated carbocycles. The lowest BCUT2D eigenvalue weighted by atomic mass is 10.2. The molecule has 0 saturated heterocycles. The molecule has 0 spiro atoms. The molecule has 0 bridgehead atoms. The van der Waals surface area contributed by atoms with Gasteiger partial charge in [-0.05, 0) is 12.1 Å². The number of ether oxygens (including phenoxy) is 1. The number of halogens is 2. The van der Waals surface area contributed by atoms with Crippen LogP contribution in [-0.4, -0.2) is 49.4 Å². The zero-order chi connectivity index (χ0) is 14.9. The van der Waals surface area contributed by atoms with Crippen LogP contribution >= 0.6 is 24.8 Å². The molecule has 0 fully saturated rings. The van der Waals surface area contributed by atoms with Crippen molar-refractivity contribution in [2.75, 3.05) is 33.4 Å². The molecule has 2 N–H and O–H groups in total. The van der Waals surface area contributed by atoms with Crippen molar-refractivity contribution in [1.29, 1.82) is 0 Å². The molecule has 9 heteroatoms. The van der Waals surface area contributed by atoms with Crippen LogP contribution in [0, 0.1) is 0 Å². The lowest BCUT2D eigenvalue weighted by molar-refractivity contribution is 0.0917. The number of carbonyl (C=O) groups excluding carboxylic acids is 1. The highest BCUT2D eigenvalue weighted by Crippen LogP contribution is 2.15. The summed E-state index contributed by atoms with van der Waals surface area (Å²) in [4.78, 5) is 16.0. The van der Waals surface area contributed by atoms with Crippen LogP contribution in [0.2, 0.25) is 0 Å². The molecule has 2 rings (SSSR count). The predicted octanol–water partition coefficient (Wildman–Crippen LogP) is 1.55. The normalized spacial score (nSPS) is 9.61. The van der Waals surface area contributed by atoms with Gasteiger partial charge < -0.3 is 19.9 Å². The van der Waals surface area contributed by atoms with E-state index in [1.54, 1.807) is 25.4 Å². The number of hydrogen-bond donors (Lipinski definition) is 2. The van der Waals surface area contributed by atoms with E-state index in [9.17, 15) is 4.79 Å². The van der Waals surface area contributed by atoms with Crippen molar-refractivity contribution in [2.24, 2.45) is 0 Å². The molecule has 128 valence electrons. The smallest absolute Gasteiger partial charge is 0.289 e. The van der Waals surface area contributed by atoms with Gasteiger partial charge in [0.05, 0.1) is 12.3 Å². The number of carbonyl (C=O) groups is 1. The van der Waals surface area contributed by atoms with Gasteiger partial charge in [-0.1, -0.05) is 11.2 Å². The van der Waals surface area contributed by atoms with Gasteiger partial charge in [-0.2, -0.15) is 0 Å². The molecule has 0 aliphatic heterocycles. The van der Waals surface area contributed by atoms with E-state index in [1.807, 2.05) is 12.1 Å². The second kappa shape index (κ2) is 11.8. The summed E-state index contributed by atoms with van der Waals surface area (Å²) in [5, 5.41) is 9.72. The number of hydrogen-bond acceptors (Lipinski definition) is 6. The van der Waals surface area contributed by atoms with Crippen LogP contribution in [0.4, 0.5) is 0 Å². The minimum Gasteiger partial charge on any atom is -0.383 e. The van der Waals surface area contributed by atoms with Crippen molar-refractivity contribution in [3.8, 4) is 11.4 Å². The predicted molar refractivity (Wildman–Crippen MR) is 91.3 cm³/mol. The summed E-state index contributed by atoms with van der Waals surface area (Å²) in [6, 6.07) is 7.05.